The van der Waals surface area contributed by atoms with Crippen molar-refractivity contribution in [3.05, 3.63) is 81.0 Å². The van der Waals surface area contributed by atoms with Crippen molar-refractivity contribution in [3.8, 4) is 34.3 Å². The Balaban J connectivity index is 1.96. The minimum absolute atomic E-state index is 0.0367. The maximum absolute atomic E-state index is 13.1. The molecule has 0 saturated carbocycles. The van der Waals surface area contributed by atoms with E-state index in [9.17, 15) is 9.90 Å². The van der Waals surface area contributed by atoms with Crippen LogP contribution in [0.5, 0.6) is 23.0 Å². The lowest BCUT2D eigenvalue weighted by Gasteiger charge is -2.15. The molecule has 0 bridgehead atoms. The molecule has 1 heterocycles. The van der Waals surface area contributed by atoms with Crippen molar-refractivity contribution in [3.63, 3.8) is 0 Å². The van der Waals surface area contributed by atoms with E-state index in [0.29, 0.717) is 33.6 Å². The average Bonchev–Trinajstić information content (AvgIpc) is 2.86. The highest BCUT2D eigenvalue weighted by Crippen LogP contribution is 2.42. The highest BCUT2D eigenvalue weighted by Gasteiger charge is 2.22. The topological polar surface area (TPSA) is 78.1 Å². The molecule has 174 valence electrons. The van der Waals surface area contributed by atoms with Gasteiger partial charge < -0.3 is 23.7 Å². The zero-order valence-corrected chi connectivity index (χ0v) is 19.8. The molecule has 0 unspecified atom stereocenters. The Morgan fingerprint density at radius 2 is 1.50 bits per heavy atom. The summed E-state index contributed by atoms with van der Waals surface area (Å²) < 4.78 is 22.4. The van der Waals surface area contributed by atoms with Crippen molar-refractivity contribution < 1.29 is 23.7 Å². The van der Waals surface area contributed by atoms with Gasteiger partial charge in [0.15, 0.2) is 5.76 Å². The van der Waals surface area contributed by atoms with Crippen LogP contribution in [0.1, 0.15) is 22.3 Å². The Morgan fingerprint density at radius 3 is 2.15 bits per heavy atom. The van der Waals surface area contributed by atoms with Gasteiger partial charge in [-0.15, -0.1) is 0 Å². The summed E-state index contributed by atoms with van der Waals surface area (Å²) in [6.07, 6.45) is 3.76. The fraction of sp³-hybridized carbons (Fsp3) is 0.179. The molecule has 0 radical (unpaired) electrons. The number of aromatic hydroxyl groups is 1. The second-order valence-corrected chi connectivity index (χ2v) is 7.94. The van der Waals surface area contributed by atoms with E-state index < -0.39 is 11.2 Å². The normalized spacial score (nSPS) is 11.2. The van der Waals surface area contributed by atoms with Gasteiger partial charge >= 0.3 is 0 Å². The maximum Gasteiger partial charge on any atom is 0.235 e. The number of hydrogen-bond acceptors (Lipinski definition) is 6. The maximum atomic E-state index is 13.1. The van der Waals surface area contributed by atoms with Gasteiger partial charge in [-0.2, -0.15) is 0 Å². The molecule has 0 aliphatic heterocycles. The average molecular weight is 459 g/mol. The Hall–Kier alpha value is -4.19. The van der Waals surface area contributed by atoms with Crippen molar-refractivity contribution in [1.29, 1.82) is 0 Å². The summed E-state index contributed by atoms with van der Waals surface area (Å²) in [5.41, 5.74) is 3.84. The van der Waals surface area contributed by atoms with Gasteiger partial charge in [0.1, 0.15) is 22.8 Å². The first kappa shape index (κ1) is 23.0. The highest BCUT2D eigenvalue weighted by atomic mass is 16.5. The van der Waals surface area contributed by atoms with Crippen molar-refractivity contribution in [2.24, 2.45) is 0 Å². The SMILES string of the molecule is COc1ccc(/C=C/c2cc(OC)cc(OC)c2-c2oc3cc(C)c(C)cc3c(=O)c2O)cc1. The fourth-order valence-electron chi connectivity index (χ4n) is 3.78. The van der Waals surface area contributed by atoms with Gasteiger partial charge in [-0.3, -0.25) is 4.79 Å². The molecule has 4 aromatic rings. The Kier molecular flexibility index (Phi) is 6.32. The Morgan fingerprint density at radius 1 is 0.824 bits per heavy atom. The first-order valence-corrected chi connectivity index (χ1v) is 10.7. The molecule has 1 aromatic heterocycles. The second kappa shape index (κ2) is 9.35. The number of rotatable bonds is 6. The molecule has 3 aromatic carbocycles. The zero-order valence-electron chi connectivity index (χ0n) is 19.8. The molecule has 4 rings (SSSR count). The molecule has 0 aliphatic carbocycles. The van der Waals surface area contributed by atoms with Crippen LogP contribution in [0.15, 0.2) is 57.7 Å². The summed E-state index contributed by atoms with van der Waals surface area (Å²) in [4.78, 5) is 13.1. The van der Waals surface area contributed by atoms with Crippen LogP contribution in [0.2, 0.25) is 0 Å². The van der Waals surface area contributed by atoms with Crippen molar-refractivity contribution in [2.45, 2.75) is 13.8 Å². The second-order valence-electron chi connectivity index (χ2n) is 7.94. The van der Waals surface area contributed by atoms with E-state index in [1.807, 2.05) is 50.3 Å². The van der Waals surface area contributed by atoms with Gasteiger partial charge in [-0.1, -0.05) is 24.3 Å². The van der Waals surface area contributed by atoms with Crippen LogP contribution in [0.3, 0.4) is 0 Å². The summed E-state index contributed by atoms with van der Waals surface area (Å²) in [5, 5.41) is 11.2. The van der Waals surface area contributed by atoms with E-state index in [1.165, 1.54) is 7.11 Å². The van der Waals surface area contributed by atoms with E-state index in [1.54, 1.807) is 38.5 Å². The molecule has 0 atom stereocenters. The van der Waals surface area contributed by atoms with Crippen LogP contribution in [0, 0.1) is 13.8 Å². The van der Waals surface area contributed by atoms with Gasteiger partial charge in [0.2, 0.25) is 11.2 Å². The molecule has 6 heteroatoms. The van der Waals surface area contributed by atoms with Crippen molar-refractivity contribution in [2.75, 3.05) is 21.3 Å². The lowest BCUT2D eigenvalue weighted by molar-refractivity contribution is 0.393. The summed E-state index contributed by atoms with van der Waals surface area (Å²) in [6.45, 7) is 3.85. The lowest BCUT2D eigenvalue weighted by Crippen LogP contribution is -2.05. The van der Waals surface area contributed by atoms with E-state index in [2.05, 4.69) is 0 Å². The summed E-state index contributed by atoms with van der Waals surface area (Å²) in [7, 11) is 4.69. The zero-order chi connectivity index (χ0) is 24.4. The number of methoxy groups -OCH3 is 3. The molecule has 0 fully saturated rings. The fourth-order valence-corrected chi connectivity index (χ4v) is 3.78. The lowest BCUT2D eigenvalue weighted by atomic mass is 9.99. The molecule has 34 heavy (non-hydrogen) atoms. The Labute approximate surface area is 197 Å². The van der Waals surface area contributed by atoms with E-state index in [4.69, 9.17) is 18.6 Å². The molecule has 6 nitrogen and oxygen atoms in total. The van der Waals surface area contributed by atoms with Crippen LogP contribution in [-0.2, 0) is 0 Å². The highest BCUT2D eigenvalue weighted by molar-refractivity contribution is 5.89. The van der Waals surface area contributed by atoms with Gasteiger partial charge in [0.25, 0.3) is 0 Å². The van der Waals surface area contributed by atoms with Crippen LogP contribution < -0.4 is 19.6 Å². The van der Waals surface area contributed by atoms with Crippen molar-refractivity contribution in [1.82, 2.24) is 0 Å². The molecular formula is C28H26O6. The smallest absolute Gasteiger partial charge is 0.235 e. The van der Waals surface area contributed by atoms with Gasteiger partial charge in [0, 0.05) is 6.07 Å². The molecular weight excluding hydrogens is 432 g/mol. The minimum atomic E-state index is -0.498. The minimum Gasteiger partial charge on any atom is -0.502 e. The number of fused-ring (bicyclic) bond motifs is 1. The Bertz CT molecular complexity index is 1450. The van der Waals surface area contributed by atoms with Crippen LogP contribution in [0.25, 0.3) is 34.4 Å². The predicted octanol–water partition coefficient (Wildman–Crippen LogP) is 5.98. The summed E-state index contributed by atoms with van der Waals surface area (Å²) >= 11 is 0. The van der Waals surface area contributed by atoms with Crippen LogP contribution in [-0.4, -0.2) is 26.4 Å². The standard InChI is InChI=1S/C28H26O6/c1-16-12-22-23(13-17(16)2)34-28(27(30)26(22)29)25-19(14-21(32-4)15-24(25)33-5)9-6-18-7-10-20(31-3)11-8-18/h6-15,30H,1-5H3/b9-6+. The third kappa shape index (κ3) is 4.22. The van der Waals surface area contributed by atoms with Crippen LogP contribution in [0.4, 0.5) is 0 Å². The number of hydrogen-bond donors (Lipinski definition) is 1. The van der Waals surface area contributed by atoms with Gasteiger partial charge in [-0.25, -0.2) is 0 Å². The number of ether oxygens (including phenoxy) is 3. The van der Waals surface area contributed by atoms with Crippen LogP contribution >= 0.6 is 0 Å². The molecule has 0 amide bonds. The molecule has 0 saturated heterocycles. The third-order valence-electron chi connectivity index (χ3n) is 5.84. The third-order valence-corrected chi connectivity index (χ3v) is 5.84. The molecule has 1 N–H and O–H groups in total. The number of aryl methyl sites for hydroxylation is 2. The van der Waals surface area contributed by atoms with Crippen molar-refractivity contribution >= 4 is 23.1 Å². The first-order chi connectivity index (χ1) is 16.4. The monoisotopic (exact) mass is 458 g/mol. The van der Waals surface area contributed by atoms with Gasteiger partial charge in [0.05, 0.1) is 32.3 Å². The largest absolute Gasteiger partial charge is 0.502 e. The summed E-state index contributed by atoms with van der Waals surface area (Å²) in [6, 6.07) is 14.6. The first-order valence-electron chi connectivity index (χ1n) is 10.7. The van der Waals surface area contributed by atoms with Gasteiger partial charge in [-0.05, 0) is 66.4 Å². The molecule has 0 spiro atoms. The van der Waals surface area contributed by atoms with E-state index in [0.717, 1.165) is 22.4 Å². The summed E-state index contributed by atoms with van der Waals surface area (Å²) in [5.74, 6) is 1.28. The quantitative estimate of drug-likeness (QED) is 0.358. The number of benzene rings is 3. The molecule has 0 aliphatic rings. The predicted molar refractivity (Wildman–Crippen MR) is 134 cm³/mol. The van der Waals surface area contributed by atoms with E-state index in [-0.39, 0.29) is 5.76 Å². The van der Waals surface area contributed by atoms with E-state index >= 15 is 0 Å².